The number of nitrogens with one attached hydrogen (secondary N) is 2. The van der Waals surface area contributed by atoms with Crippen molar-refractivity contribution in [1.29, 1.82) is 0 Å². The van der Waals surface area contributed by atoms with Gasteiger partial charge in [0, 0.05) is 10.4 Å². The van der Waals surface area contributed by atoms with E-state index in [2.05, 4.69) is 31.4 Å². The number of benzene rings is 2. The van der Waals surface area contributed by atoms with Crippen LogP contribution in [0.1, 0.15) is 70.1 Å². The second kappa shape index (κ2) is 10.4. The molecule has 2 aromatic carbocycles. The maximum Gasteiger partial charge on any atom is 0.343 e. The normalized spacial score (nSPS) is 18.3. The Morgan fingerprint density at radius 2 is 1.67 bits per heavy atom. The van der Waals surface area contributed by atoms with Crippen molar-refractivity contribution >= 4 is 28.2 Å². The summed E-state index contributed by atoms with van der Waals surface area (Å²) in [6, 6.07) is 10.3. The summed E-state index contributed by atoms with van der Waals surface area (Å²) in [6.45, 7) is 6.86. The number of para-hydroxylation sites is 1. The van der Waals surface area contributed by atoms with Gasteiger partial charge >= 0.3 is 5.97 Å². The van der Waals surface area contributed by atoms with Crippen molar-refractivity contribution in [2.45, 2.75) is 46.2 Å². The molecular formula is C30H34N2O6S. The van der Waals surface area contributed by atoms with Gasteiger partial charge in [0.15, 0.2) is 11.5 Å². The molecule has 0 fully saturated rings. The van der Waals surface area contributed by atoms with Crippen molar-refractivity contribution in [1.82, 2.24) is 5.32 Å². The molecule has 1 amide bonds. The van der Waals surface area contributed by atoms with Crippen molar-refractivity contribution in [3.8, 4) is 23.0 Å². The van der Waals surface area contributed by atoms with E-state index in [0.717, 1.165) is 29.8 Å². The Morgan fingerprint density at radius 1 is 0.974 bits per heavy atom. The lowest BCUT2D eigenvalue weighted by Gasteiger charge is -2.34. The molecule has 5 rings (SSSR count). The fourth-order valence-electron chi connectivity index (χ4n) is 5.36. The predicted octanol–water partition coefficient (Wildman–Crippen LogP) is 6.00. The van der Waals surface area contributed by atoms with Crippen LogP contribution in [-0.2, 0) is 12.8 Å². The molecule has 0 saturated heterocycles. The number of hydrogen-bond acceptors (Lipinski definition) is 8. The fourth-order valence-corrected chi connectivity index (χ4v) is 6.72. The highest BCUT2D eigenvalue weighted by molar-refractivity contribution is 7.16. The summed E-state index contributed by atoms with van der Waals surface area (Å²) in [5.41, 5.74) is 3.03. The van der Waals surface area contributed by atoms with E-state index in [1.807, 2.05) is 12.1 Å². The zero-order valence-corrected chi connectivity index (χ0v) is 23.9. The third kappa shape index (κ3) is 5.03. The van der Waals surface area contributed by atoms with Crippen molar-refractivity contribution in [2.75, 3.05) is 26.6 Å². The Labute approximate surface area is 232 Å². The molecule has 2 aliphatic rings. The number of methoxy groups -OCH3 is 3. The lowest BCUT2D eigenvalue weighted by molar-refractivity contribution is 0.0731. The van der Waals surface area contributed by atoms with Gasteiger partial charge < -0.3 is 29.6 Å². The first-order valence-corrected chi connectivity index (χ1v) is 13.8. The van der Waals surface area contributed by atoms with Crippen molar-refractivity contribution in [2.24, 2.45) is 11.3 Å². The van der Waals surface area contributed by atoms with Gasteiger partial charge in [-0.05, 0) is 54.4 Å². The summed E-state index contributed by atoms with van der Waals surface area (Å²) >= 11 is 1.67. The topological polar surface area (TPSA) is 95.1 Å². The minimum atomic E-state index is -0.593. The van der Waals surface area contributed by atoms with Gasteiger partial charge in [-0.15, -0.1) is 11.3 Å². The van der Waals surface area contributed by atoms with E-state index in [-0.39, 0.29) is 16.9 Å². The molecule has 1 aliphatic heterocycles. The largest absolute Gasteiger partial charge is 0.493 e. The molecule has 1 aliphatic carbocycles. The fraction of sp³-hybridized carbons (Fsp3) is 0.400. The van der Waals surface area contributed by atoms with Crippen LogP contribution in [0.5, 0.6) is 23.0 Å². The minimum Gasteiger partial charge on any atom is -0.493 e. The van der Waals surface area contributed by atoms with Gasteiger partial charge in [-0.25, -0.2) is 4.79 Å². The SMILES string of the molecule is COc1cc(C(=O)Oc2ccccc2[C@H]2NC(=O)c3c(sc4c3CC[C@@H](C(C)(C)C)C4)N2)cc(OC)c1OC. The minimum absolute atomic E-state index is 0.105. The smallest absolute Gasteiger partial charge is 0.343 e. The van der Waals surface area contributed by atoms with E-state index in [1.165, 1.54) is 31.8 Å². The summed E-state index contributed by atoms with van der Waals surface area (Å²) in [5, 5.41) is 7.45. The monoisotopic (exact) mass is 550 g/mol. The number of hydrogen-bond donors (Lipinski definition) is 2. The third-order valence-electron chi connectivity index (χ3n) is 7.60. The molecule has 0 radical (unpaired) electrons. The van der Waals surface area contributed by atoms with E-state index in [1.54, 1.807) is 35.6 Å². The van der Waals surface area contributed by atoms with Gasteiger partial charge in [0.1, 0.15) is 16.9 Å². The lowest BCUT2D eigenvalue weighted by atomic mass is 9.72. The Bertz CT molecular complexity index is 1400. The molecule has 0 spiro atoms. The highest BCUT2D eigenvalue weighted by atomic mass is 32.1. The van der Waals surface area contributed by atoms with Crippen LogP contribution in [0.4, 0.5) is 5.00 Å². The first kappa shape index (κ1) is 26.9. The molecule has 2 N–H and O–H groups in total. The molecule has 206 valence electrons. The molecule has 2 heterocycles. The average molecular weight is 551 g/mol. The second-order valence-electron chi connectivity index (χ2n) is 10.9. The number of carbonyl (C=O) groups is 2. The highest BCUT2D eigenvalue weighted by Gasteiger charge is 2.37. The molecule has 9 heteroatoms. The number of carbonyl (C=O) groups excluding carboxylic acids is 2. The van der Waals surface area contributed by atoms with E-state index in [9.17, 15) is 9.59 Å². The Hall–Kier alpha value is -3.72. The molecule has 1 aromatic heterocycles. The summed E-state index contributed by atoms with van der Waals surface area (Å²) in [7, 11) is 4.47. The summed E-state index contributed by atoms with van der Waals surface area (Å²) < 4.78 is 21.9. The number of thiophene rings is 1. The molecular weight excluding hydrogens is 516 g/mol. The van der Waals surface area contributed by atoms with E-state index in [0.29, 0.717) is 34.5 Å². The summed E-state index contributed by atoms with van der Waals surface area (Å²) in [6.07, 6.45) is 2.42. The van der Waals surface area contributed by atoms with Gasteiger partial charge in [-0.2, -0.15) is 0 Å². The molecule has 0 bridgehead atoms. The summed E-state index contributed by atoms with van der Waals surface area (Å²) in [4.78, 5) is 27.8. The predicted molar refractivity (Wildman–Crippen MR) is 151 cm³/mol. The van der Waals surface area contributed by atoms with Crippen LogP contribution >= 0.6 is 11.3 Å². The van der Waals surface area contributed by atoms with Gasteiger partial charge in [0.05, 0.1) is 32.5 Å². The number of amides is 1. The van der Waals surface area contributed by atoms with Crippen LogP contribution < -0.4 is 29.6 Å². The second-order valence-corrected chi connectivity index (χ2v) is 12.0. The molecule has 0 unspecified atom stereocenters. The first-order valence-electron chi connectivity index (χ1n) is 13.0. The zero-order chi connectivity index (χ0) is 27.9. The van der Waals surface area contributed by atoms with E-state index >= 15 is 0 Å². The van der Waals surface area contributed by atoms with Crippen molar-refractivity contribution < 1.29 is 28.5 Å². The van der Waals surface area contributed by atoms with Gasteiger partial charge in [0.2, 0.25) is 5.75 Å². The van der Waals surface area contributed by atoms with Gasteiger partial charge in [-0.1, -0.05) is 39.0 Å². The zero-order valence-electron chi connectivity index (χ0n) is 23.1. The quantitative estimate of drug-likeness (QED) is 0.287. The maximum atomic E-state index is 13.3. The van der Waals surface area contributed by atoms with Crippen LogP contribution in [0.3, 0.4) is 0 Å². The van der Waals surface area contributed by atoms with E-state index in [4.69, 9.17) is 18.9 Å². The van der Waals surface area contributed by atoms with Crippen LogP contribution in [0.15, 0.2) is 36.4 Å². The van der Waals surface area contributed by atoms with Crippen LogP contribution in [0, 0.1) is 11.3 Å². The standard InChI is InChI=1S/C30H34N2O6S/c1-30(2,3)17-11-12-19-23(15-17)39-28-24(19)27(33)31-26(32-28)18-9-7-8-10-20(18)38-29(34)16-13-21(35-4)25(37-6)22(14-16)36-5/h7-10,13-14,17,26,32H,11-12,15H2,1-6H3,(H,31,33)/t17-,26+/m1/s1. The number of rotatable bonds is 6. The number of ether oxygens (including phenoxy) is 4. The molecule has 0 saturated carbocycles. The highest BCUT2D eigenvalue weighted by Crippen LogP contribution is 2.46. The Kier molecular flexibility index (Phi) is 7.20. The van der Waals surface area contributed by atoms with Gasteiger partial charge in [0.25, 0.3) is 5.91 Å². The third-order valence-corrected chi connectivity index (χ3v) is 8.79. The Balaban J connectivity index is 1.41. The number of esters is 1. The van der Waals surface area contributed by atoms with Crippen molar-refractivity contribution in [3.05, 3.63) is 63.5 Å². The summed E-state index contributed by atoms with van der Waals surface area (Å²) in [5.74, 6) is 1.30. The van der Waals surface area contributed by atoms with Crippen LogP contribution in [-0.4, -0.2) is 33.2 Å². The van der Waals surface area contributed by atoms with Crippen molar-refractivity contribution in [3.63, 3.8) is 0 Å². The molecule has 2 atom stereocenters. The maximum absolute atomic E-state index is 13.3. The van der Waals surface area contributed by atoms with E-state index < -0.39 is 12.1 Å². The number of anilines is 1. The van der Waals surface area contributed by atoms with Crippen LogP contribution in [0.2, 0.25) is 0 Å². The Morgan fingerprint density at radius 3 is 2.31 bits per heavy atom. The van der Waals surface area contributed by atoms with Gasteiger partial charge in [-0.3, -0.25) is 4.79 Å². The molecule has 3 aromatic rings. The number of fused-ring (bicyclic) bond motifs is 3. The van der Waals surface area contributed by atoms with Crippen LogP contribution in [0.25, 0.3) is 0 Å². The molecule has 39 heavy (non-hydrogen) atoms. The lowest BCUT2D eigenvalue weighted by Crippen LogP contribution is -2.38. The molecule has 8 nitrogen and oxygen atoms in total. The average Bonchev–Trinajstić information content (AvgIpc) is 3.30. The first-order chi connectivity index (χ1) is 18.6.